The largest absolute Gasteiger partial charge is 0.356 e. The van der Waals surface area contributed by atoms with Crippen molar-refractivity contribution >= 4 is 51.8 Å². The summed E-state index contributed by atoms with van der Waals surface area (Å²) in [6, 6.07) is 16.5. The van der Waals surface area contributed by atoms with Crippen LogP contribution in [0.4, 0.5) is 21.9 Å². The average molecular weight is 398 g/mol. The van der Waals surface area contributed by atoms with E-state index in [1.165, 1.54) is 0 Å². The summed E-state index contributed by atoms with van der Waals surface area (Å²) in [5.74, 6) is -1.84. The first-order chi connectivity index (χ1) is 13.5. The maximum atomic E-state index is 12.0. The van der Waals surface area contributed by atoms with Gasteiger partial charge >= 0.3 is 11.8 Å². The zero-order chi connectivity index (χ0) is 19.9. The molecule has 3 rings (SSSR count). The number of anilines is 3. The first-order valence-electron chi connectivity index (χ1n) is 8.51. The lowest BCUT2D eigenvalue weighted by molar-refractivity contribution is -0.136. The fourth-order valence-electron chi connectivity index (χ4n) is 2.47. The molecule has 1 fully saturated rings. The lowest BCUT2D eigenvalue weighted by Crippen LogP contribution is -2.41. The molecule has 0 saturated carbocycles. The van der Waals surface area contributed by atoms with Gasteiger partial charge in [0.2, 0.25) is 5.91 Å². The van der Waals surface area contributed by atoms with Gasteiger partial charge in [-0.15, -0.1) is 0 Å². The second-order valence-electron chi connectivity index (χ2n) is 5.88. The molecule has 0 spiro atoms. The summed E-state index contributed by atoms with van der Waals surface area (Å²) in [5.41, 5.74) is 2.25. The SMILES string of the molecule is O=C(NCCN1C(=O)CSC1=O)C(=O)Nc1ccc(Nc2ccccc2)cc1. The van der Waals surface area contributed by atoms with Crippen molar-refractivity contribution in [2.75, 3.05) is 29.5 Å². The van der Waals surface area contributed by atoms with Crippen LogP contribution in [-0.4, -0.2) is 46.7 Å². The molecule has 0 radical (unpaired) electrons. The van der Waals surface area contributed by atoms with Gasteiger partial charge in [-0.3, -0.25) is 24.1 Å². The molecule has 144 valence electrons. The zero-order valence-corrected chi connectivity index (χ0v) is 15.6. The Bertz CT molecular complexity index is 871. The van der Waals surface area contributed by atoms with Crippen molar-refractivity contribution in [3.05, 3.63) is 54.6 Å². The van der Waals surface area contributed by atoms with Crippen molar-refractivity contribution in [2.24, 2.45) is 0 Å². The van der Waals surface area contributed by atoms with Gasteiger partial charge < -0.3 is 16.0 Å². The molecule has 1 aliphatic heterocycles. The number of hydrogen-bond donors (Lipinski definition) is 3. The number of imide groups is 1. The van der Waals surface area contributed by atoms with Crippen LogP contribution in [0, 0.1) is 0 Å². The van der Waals surface area contributed by atoms with Crippen LogP contribution in [-0.2, 0) is 14.4 Å². The third-order valence-electron chi connectivity index (χ3n) is 3.87. The number of nitrogens with one attached hydrogen (secondary N) is 3. The van der Waals surface area contributed by atoms with E-state index >= 15 is 0 Å². The minimum Gasteiger partial charge on any atom is -0.356 e. The van der Waals surface area contributed by atoms with Crippen LogP contribution in [0.5, 0.6) is 0 Å². The van der Waals surface area contributed by atoms with Crippen molar-refractivity contribution in [2.45, 2.75) is 0 Å². The number of nitrogens with zero attached hydrogens (tertiary/aromatic N) is 1. The summed E-state index contributed by atoms with van der Waals surface area (Å²) in [5, 5.41) is 7.77. The Morgan fingerprint density at radius 1 is 0.893 bits per heavy atom. The third kappa shape index (κ3) is 5.10. The smallest absolute Gasteiger partial charge is 0.313 e. The Morgan fingerprint density at radius 2 is 1.54 bits per heavy atom. The molecule has 0 aromatic heterocycles. The van der Waals surface area contributed by atoms with E-state index in [0.717, 1.165) is 28.0 Å². The molecule has 1 heterocycles. The molecule has 9 heteroatoms. The summed E-state index contributed by atoms with van der Waals surface area (Å²) < 4.78 is 0. The molecule has 4 amide bonds. The quantitative estimate of drug-likeness (QED) is 0.644. The first kappa shape index (κ1) is 19.4. The Kier molecular flexibility index (Phi) is 6.28. The van der Waals surface area contributed by atoms with Crippen LogP contribution in [0.3, 0.4) is 0 Å². The predicted octanol–water partition coefficient (Wildman–Crippen LogP) is 2.18. The average Bonchev–Trinajstić information content (AvgIpc) is 3.02. The van der Waals surface area contributed by atoms with Gasteiger partial charge in [0.15, 0.2) is 0 Å². The lowest BCUT2D eigenvalue weighted by atomic mass is 10.2. The Labute approximate surface area is 165 Å². The highest BCUT2D eigenvalue weighted by atomic mass is 32.2. The van der Waals surface area contributed by atoms with E-state index in [1.54, 1.807) is 24.3 Å². The van der Waals surface area contributed by atoms with Gasteiger partial charge in [-0.1, -0.05) is 30.0 Å². The van der Waals surface area contributed by atoms with Crippen molar-refractivity contribution in [1.29, 1.82) is 0 Å². The van der Waals surface area contributed by atoms with E-state index in [4.69, 9.17) is 0 Å². The van der Waals surface area contributed by atoms with Crippen molar-refractivity contribution in [1.82, 2.24) is 10.2 Å². The van der Waals surface area contributed by atoms with E-state index in [0.29, 0.717) is 5.69 Å². The minimum atomic E-state index is -0.835. The van der Waals surface area contributed by atoms with Crippen LogP contribution in [0.1, 0.15) is 0 Å². The number of para-hydroxylation sites is 1. The molecule has 2 aromatic rings. The second kappa shape index (κ2) is 9.05. The van der Waals surface area contributed by atoms with Gasteiger partial charge in [0.25, 0.3) is 5.24 Å². The molecule has 3 N–H and O–H groups in total. The molecular weight excluding hydrogens is 380 g/mol. The van der Waals surface area contributed by atoms with Crippen LogP contribution in [0.25, 0.3) is 0 Å². The fraction of sp³-hybridized carbons (Fsp3) is 0.158. The van der Waals surface area contributed by atoms with E-state index in [1.807, 2.05) is 30.3 Å². The van der Waals surface area contributed by atoms with Gasteiger partial charge in [-0.05, 0) is 36.4 Å². The van der Waals surface area contributed by atoms with Crippen LogP contribution >= 0.6 is 11.8 Å². The van der Waals surface area contributed by atoms with Gasteiger partial charge in [-0.2, -0.15) is 0 Å². The highest BCUT2D eigenvalue weighted by Crippen LogP contribution is 2.19. The topological polar surface area (TPSA) is 108 Å². The zero-order valence-electron chi connectivity index (χ0n) is 14.8. The first-order valence-corrected chi connectivity index (χ1v) is 9.50. The molecular formula is C19H18N4O4S. The third-order valence-corrected chi connectivity index (χ3v) is 4.73. The maximum absolute atomic E-state index is 12.0. The molecule has 0 atom stereocenters. The van der Waals surface area contributed by atoms with Crippen molar-refractivity contribution in [3.63, 3.8) is 0 Å². The molecule has 2 aromatic carbocycles. The summed E-state index contributed by atoms with van der Waals surface area (Å²) in [4.78, 5) is 47.8. The van der Waals surface area contributed by atoms with Gasteiger partial charge in [0.05, 0.1) is 5.75 Å². The van der Waals surface area contributed by atoms with Gasteiger partial charge in [-0.25, -0.2) is 0 Å². The van der Waals surface area contributed by atoms with Gasteiger partial charge in [0.1, 0.15) is 0 Å². The molecule has 0 aliphatic carbocycles. The Hall–Kier alpha value is -3.33. The number of rotatable bonds is 6. The highest BCUT2D eigenvalue weighted by Gasteiger charge is 2.29. The minimum absolute atomic E-state index is 0.0181. The van der Waals surface area contributed by atoms with E-state index < -0.39 is 11.8 Å². The number of hydrogen-bond acceptors (Lipinski definition) is 6. The van der Waals surface area contributed by atoms with Crippen LogP contribution in [0.2, 0.25) is 0 Å². The molecule has 28 heavy (non-hydrogen) atoms. The summed E-state index contributed by atoms with van der Waals surface area (Å²) in [6.07, 6.45) is 0. The second-order valence-corrected chi connectivity index (χ2v) is 6.80. The summed E-state index contributed by atoms with van der Waals surface area (Å²) in [6.45, 7) is 0.0633. The Balaban J connectivity index is 1.45. The molecule has 0 unspecified atom stereocenters. The van der Waals surface area contributed by atoms with E-state index in [2.05, 4.69) is 16.0 Å². The summed E-state index contributed by atoms with van der Waals surface area (Å²) in [7, 11) is 0. The van der Waals surface area contributed by atoms with E-state index in [9.17, 15) is 19.2 Å². The van der Waals surface area contributed by atoms with Gasteiger partial charge in [0, 0.05) is 30.2 Å². The van der Waals surface area contributed by atoms with Crippen LogP contribution in [0.15, 0.2) is 54.6 Å². The Morgan fingerprint density at radius 3 is 2.18 bits per heavy atom. The number of benzene rings is 2. The highest BCUT2D eigenvalue weighted by molar-refractivity contribution is 8.14. The number of amides is 4. The summed E-state index contributed by atoms with van der Waals surface area (Å²) >= 11 is 0.922. The molecule has 8 nitrogen and oxygen atoms in total. The number of carbonyl (C=O) groups excluding carboxylic acids is 4. The maximum Gasteiger partial charge on any atom is 0.313 e. The van der Waals surface area contributed by atoms with Crippen LogP contribution < -0.4 is 16.0 Å². The number of thioether (sulfide) groups is 1. The number of carbonyl (C=O) groups is 4. The fourth-order valence-corrected chi connectivity index (χ4v) is 3.22. The lowest BCUT2D eigenvalue weighted by Gasteiger charge is -2.13. The predicted molar refractivity (Wildman–Crippen MR) is 107 cm³/mol. The normalized spacial score (nSPS) is 13.4. The van der Waals surface area contributed by atoms with Crippen molar-refractivity contribution < 1.29 is 19.2 Å². The standard InChI is InChI=1S/C19H18N4O4S/c24-16-12-28-19(27)23(16)11-10-20-17(25)18(26)22-15-8-6-14(7-9-15)21-13-4-2-1-3-5-13/h1-9,21H,10-12H2,(H,20,25)(H,22,26). The monoisotopic (exact) mass is 398 g/mol. The molecule has 0 bridgehead atoms. The van der Waals surface area contributed by atoms with E-state index in [-0.39, 0.29) is 30.0 Å². The molecule has 1 aliphatic rings. The molecule has 1 saturated heterocycles. The van der Waals surface area contributed by atoms with Crippen molar-refractivity contribution in [3.8, 4) is 0 Å².